The van der Waals surface area contributed by atoms with Gasteiger partial charge in [0.05, 0.1) is 10.2 Å². The minimum Gasteiger partial charge on any atom is -0.381 e. The maximum atomic E-state index is 4.78. The lowest BCUT2D eigenvalue weighted by Crippen LogP contribution is -2.21. The van der Waals surface area contributed by atoms with Crippen LogP contribution in [0.1, 0.15) is 25.0 Å². The highest BCUT2D eigenvalue weighted by Gasteiger charge is 2.07. The molecule has 148 valence electrons. The third-order valence-corrected chi connectivity index (χ3v) is 6.30. The van der Waals surface area contributed by atoms with E-state index in [1.807, 2.05) is 0 Å². The van der Waals surface area contributed by atoms with E-state index in [1.165, 1.54) is 21.5 Å². The molecule has 4 rings (SSSR count). The van der Waals surface area contributed by atoms with Crippen LogP contribution in [0.15, 0.2) is 66.7 Å². The van der Waals surface area contributed by atoms with Crippen molar-refractivity contribution in [3.8, 4) is 10.6 Å². The zero-order valence-electron chi connectivity index (χ0n) is 17.3. The summed E-state index contributed by atoms with van der Waals surface area (Å²) in [5, 5.41) is 4.59. The molecule has 0 fully saturated rings. The first kappa shape index (κ1) is 19.5. The number of thiazole rings is 1. The number of hydrogen-bond donors (Lipinski definition) is 1. The van der Waals surface area contributed by atoms with Gasteiger partial charge in [0.15, 0.2) is 0 Å². The monoisotopic (exact) mass is 401 g/mol. The van der Waals surface area contributed by atoms with Crippen molar-refractivity contribution in [2.24, 2.45) is 0 Å². The van der Waals surface area contributed by atoms with Crippen LogP contribution in [0.2, 0.25) is 0 Å². The van der Waals surface area contributed by atoms with Crippen molar-refractivity contribution in [1.82, 2.24) is 4.98 Å². The Balaban J connectivity index is 1.41. The van der Waals surface area contributed by atoms with Crippen molar-refractivity contribution in [2.45, 2.75) is 27.3 Å². The van der Waals surface area contributed by atoms with Gasteiger partial charge in [0.2, 0.25) is 0 Å². The van der Waals surface area contributed by atoms with Crippen LogP contribution in [-0.4, -0.2) is 18.1 Å². The van der Waals surface area contributed by atoms with Crippen molar-refractivity contribution >= 4 is 32.9 Å². The zero-order valence-corrected chi connectivity index (χ0v) is 18.1. The van der Waals surface area contributed by atoms with E-state index in [9.17, 15) is 0 Å². The summed E-state index contributed by atoms with van der Waals surface area (Å²) in [7, 11) is 0. The molecular weight excluding hydrogens is 374 g/mol. The lowest BCUT2D eigenvalue weighted by molar-refractivity contribution is 0.865. The van der Waals surface area contributed by atoms with Crippen LogP contribution in [0.3, 0.4) is 0 Å². The number of aromatic nitrogens is 1. The van der Waals surface area contributed by atoms with Crippen LogP contribution in [0.4, 0.5) is 11.4 Å². The third kappa shape index (κ3) is 4.43. The SMILES string of the molecule is CCN(CC)c1ccc(CNc2ccc(-c3nc4ccc(C)cc4s3)cc2)cc1. The molecule has 0 atom stereocenters. The molecule has 0 aliphatic heterocycles. The molecule has 0 amide bonds. The summed E-state index contributed by atoms with van der Waals surface area (Å²) in [6.07, 6.45) is 0. The van der Waals surface area contributed by atoms with Crippen molar-refractivity contribution in [3.63, 3.8) is 0 Å². The van der Waals surface area contributed by atoms with E-state index in [4.69, 9.17) is 4.98 Å². The molecule has 0 aliphatic carbocycles. The molecule has 0 unspecified atom stereocenters. The van der Waals surface area contributed by atoms with Crippen molar-refractivity contribution < 1.29 is 0 Å². The van der Waals surface area contributed by atoms with E-state index in [1.54, 1.807) is 11.3 Å². The average Bonchev–Trinajstić information content (AvgIpc) is 3.17. The van der Waals surface area contributed by atoms with E-state index in [2.05, 4.69) is 97.7 Å². The van der Waals surface area contributed by atoms with Gasteiger partial charge in [0.25, 0.3) is 0 Å². The van der Waals surface area contributed by atoms with Crippen molar-refractivity contribution in [1.29, 1.82) is 0 Å². The molecule has 0 saturated carbocycles. The maximum absolute atomic E-state index is 4.78. The summed E-state index contributed by atoms with van der Waals surface area (Å²) in [5.74, 6) is 0. The molecule has 4 heteroatoms. The topological polar surface area (TPSA) is 28.2 Å². The maximum Gasteiger partial charge on any atom is 0.124 e. The molecule has 0 aliphatic rings. The molecule has 3 nitrogen and oxygen atoms in total. The first-order valence-corrected chi connectivity index (χ1v) is 11.0. The molecule has 0 spiro atoms. The fraction of sp³-hybridized carbons (Fsp3) is 0.240. The number of hydrogen-bond acceptors (Lipinski definition) is 4. The van der Waals surface area contributed by atoms with Crippen LogP contribution in [0, 0.1) is 6.92 Å². The fourth-order valence-corrected chi connectivity index (χ4v) is 4.57. The zero-order chi connectivity index (χ0) is 20.2. The number of anilines is 2. The molecule has 29 heavy (non-hydrogen) atoms. The second-order valence-corrected chi connectivity index (χ2v) is 8.29. The van der Waals surface area contributed by atoms with Crippen molar-refractivity contribution in [3.05, 3.63) is 77.9 Å². The summed E-state index contributed by atoms with van der Waals surface area (Å²) in [4.78, 5) is 7.14. The highest BCUT2D eigenvalue weighted by molar-refractivity contribution is 7.21. The van der Waals surface area contributed by atoms with Crippen LogP contribution in [0.25, 0.3) is 20.8 Å². The molecule has 0 radical (unpaired) electrons. The number of fused-ring (bicyclic) bond motifs is 1. The largest absolute Gasteiger partial charge is 0.381 e. The summed E-state index contributed by atoms with van der Waals surface area (Å²) < 4.78 is 1.25. The first-order chi connectivity index (χ1) is 14.2. The quantitative estimate of drug-likeness (QED) is 0.372. The van der Waals surface area contributed by atoms with E-state index < -0.39 is 0 Å². The summed E-state index contributed by atoms with van der Waals surface area (Å²) in [6.45, 7) is 9.40. The Kier molecular flexibility index (Phi) is 5.81. The standard InChI is InChI=1S/C25H27N3S/c1-4-28(5-2)22-13-7-19(8-14-22)17-26-21-11-9-20(10-12-21)25-27-23-15-6-18(3)16-24(23)29-25/h6-16,26H,4-5,17H2,1-3H3. The summed E-state index contributed by atoms with van der Waals surface area (Å²) >= 11 is 1.75. The minimum absolute atomic E-state index is 0.818. The van der Waals surface area contributed by atoms with Crippen LogP contribution < -0.4 is 10.2 Å². The smallest absolute Gasteiger partial charge is 0.124 e. The van der Waals surface area contributed by atoms with Crippen LogP contribution in [0.5, 0.6) is 0 Å². The molecule has 1 N–H and O–H groups in total. The van der Waals surface area contributed by atoms with Crippen LogP contribution in [-0.2, 0) is 6.54 Å². The molecule has 0 saturated heterocycles. The Morgan fingerprint density at radius 2 is 1.62 bits per heavy atom. The predicted octanol–water partition coefficient (Wildman–Crippen LogP) is 6.73. The Morgan fingerprint density at radius 1 is 0.897 bits per heavy atom. The Morgan fingerprint density at radius 3 is 2.31 bits per heavy atom. The van der Waals surface area contributed by atoms with Gasteiger partial charge in [-0.25, -0.2) is 4.98 Å². The van der Waals surface area contributed by atoms with Gasteiger partial charge in [0.1, 0.15) is 5.01 Å². The lowest BCUT2D eigenvalue weighted by Gasteiger charge is -2.21. The Hall–Kier alpha value is -2.85. The Bertz CT molecular complexity index is 1080. The lowest BCUT2D eigenvalue weighted by atomic mass is 10.1. The molecule has 1 aromatic heterocycles. The summed E-state index contributed by atoms with van der Waals surface area (Å²) in [5.41, 5.74) is 7.21. The molecule has 3 aromatic carbocycles. The van der Waals surface area contributed by atoms with Gasteiger partial charge >= 0.3 is 0 Å². The molecule has 4 aromatic rings. The second kappa shape index (κ2) is 8.66. The number of nitrogens with one attached hydrogen (secondary N) is 1. The van der Waals surface area contributed by atoms with E-state index in [0.29, 0.717) is 0 Å². The highest BCUT2D eigenvalue weighted by Crippen LogP contribution is 2.31. The first-order valence-electron chi connectivity index (χ1n) is 10.2. The Labute approximate surface area is 177 Å². The van der Waals surface area contributed by atoms with E-state index in [0.717, 1.165) is 41.4 Å². The third-order valence-electron chi connectivity index (χ3n) is 5.24. The number of aryl methyl sites for hydroxylation is 1. The molecule has 0 bridgehead atoms. The number of nitrogens with zero attached hydrogens (tertiary/aromatic N) is 2. The van der Waals surface area contributed by atoms with Gasteiger partial charge < -0.3 is 10.2 Å². The molecular formula is C25H27N3S. The number of rotatable bonds is 7. The van der Waals surface area contributed by atoms with E-state index in [-0.39, 0.29) is 0 Å². The summed E-state index contributed by atoms with van der Waals surface area (Å²) in [6, 6.07) is 23.8. The fourth-order valence-electron chi connectivity index (χ4n) is 3.50. The van der Waals surface area contributed by atoms with Gasteiger partial charge in [-0.05, 0) is 80.4 Å². The molecule has 1 heterocycles. The van der Waals surface area contributed by atoms with Crippen molar-refractivity contribution in [2.75, 3.05) is 23.3 Å². The van der Waals surface area contributed by atoms with Crippen LogP contribution >= 0.6 is 11.3 Å². The highest BCUT2D eigenvalue weighted by atomic mass is 32.1. The van der Waals surface area contributed by atoms with E-state index >= 15 is 0 Å². The van der Waals surface area contributed by atoms with Gasteiger partial charge in [-0.1, -0.05) is 18.2 Å². The minimum atomic E-state index is 0.818. The number of benzene rings is 3. The van der Waals surface area contributed by atoms with Gasteiger partial charge in [-0.2, -0.15) is 0 Å². The predicted molar refractivity (Wildman–Crippen MR) is 127 cm³/mol. The second-order valence-electron chi connectivity index (χ2n) is 7.26. The van der Waals surface area contributed by atoms with Gasteiger partial charge in [0, 0.05) is 36.6 Å². The average molecular weight is 402 g/mol. The van der Waals surface area contributed by atoms with Gasteiger partial charge in [-0.15, -0.1) is 11.3 Å². The van der Waals surface area contributed by atoms with Gasteiger partial charge in [-0.3, -0.25) is 0 Å². The normalized spacial score (nSPS) is 11.0.